The number of nitrogens with zero attached hydrogens (tertiary/aromatic N) is 1. The molecule has 1 amide bonds. The molecule has 1 fully saturated rings. The Bertz CT molecular complexity index is 851. The molecule has 7 heteroatoms. The van der Waals surface area contributed by atoms with E-state index in [-0.39, 0.29) is 5.56 Å². The van der Waals surface area contributed by atoms with E-state index < -0.39 is 18.5 Å². The van der Waals surface area contributed by atoms with Gasteiger partial charge in [0, 0.05) is 24.5 Å². The Kier molecular flexibility index (Phi) is 7.17. The molecule has 2 aromatic carbocycles. The van der Waals surface area contributed by atoms with Crippen LogP contribution >= 0.6 is 0 Å². The highest BCUT2D eigenvalue weighted by molar-refractivity contribution is 5.98. The summed E-state index contributed by atoms with van der Waals surface area (Å²) in [5, 5.41) is 2.75. The van der Waals surface area contributed by atoms with Gasteiger partial charge in [-0.05, 0) is 55.2 Å². The predicted molar refractivity (Wildman–Crippen MR) is 116 cm³/mol. The first-order valence-corrected chi connectivity index (χ1v) is 10.0. The normalized spacial score (nSPS) is 14.2. The molecular formula is C23H28N2O5. The third kappa shape index (κ3) is 5.23. The summed E-state index contributed by atoms with van der Waals surface area (Å²) in [6.07, 6.45) is 2.39. The monoisotopic (exact) mass is 412 g/mol. The van der Waals surface area contributed by atoms with E-state index in [1.807, 2.05) is 24.3 Å². The molecule has 0 bridgehead atoms. The van der Waals surface area contributed by atoms with Crippen LogP contribution in [-0.4, -0.2) is 45.8 Å². The van der Waals surface area contributed by atoms with Crippen LogP contribution in [0.25, 0.3) is 0 Å². The minimum Gasteiger partial charge on any atom is -0.496 e. The van der Waals surface area contributed by atoms with Crippen molar-refractivity contribution in [1.29, 1.82) is 0 Å². The molecule has 1 heterocycles. The number of amides is 1. The fourth-order valence-electron chi connectivity index (χ4n) is 3.48. The lowest BCUT2D eigenvalue weighted by Gasteiger charge is -2.32. The molecule has 0 spiro atoms. The van der Waals surface area contributed by atoms with Gasteiger partial charge in [0.15, 0.2) is 6.61 Å². The average molecular weight is 412 g/mol. The first-order chi connectivity index (χ1) is 14.5. The predicted octanol–water partition coefficient (Wildman–Crippen LogP) is 3.74. The number of rotatable bonds is 7. The molecule has 1 aliphatic heterocycles. The molecule has 30 heavy (non-hydrogen) atoms. The number of carbonyl (C=O) groups is 2. The third-order valence-corrected chi connectivity index (χ3v) is 5.27. The summed E-state index contributed by atoms with van der Waals surface area (Å²) < 4.78 is 15.5. The van der Waals surface area contributed by atoms with Crippen LogP contribution in [0.2, 0.25) is 0 Å². The summed E-state index contributed by atoms with van der Waals surface area (Å²) in [4.78, 5) is 27.0. The summed E-state index contributed by atoms with van der Waals surface area (Å²) in [6.45, 7) is 3.98. The molecule has 0 unspecified atom stereocenters. The molecule has 0 atom stereocenters. The number of hydrogen-bond acceptors (Lipinski definition) is 6. The van der Waals surface area contributed by atoms with Crippen LogP contribution in [0.4, 0.5) is 11.4 Å². The summed E-state index contributed by atoms with van der Waals surface area (Å²) in [5.74, 6) is 0.314. The minimum atomic E-state index is -0.686. The number of piperidine rings is 1. The van der Waals surface area contributed by atoms with Gasteiger partial charge in [-0.1, -0.05) is 13.0 Å². The van der Waals surface area contributed by atoms with Gasteiger partial charge in [-0.15, -0.1) is 0 Å². The summed E-state index contributed by atoms with van der Waals surface area (Å²) in [6, 6.07) is 12.7. The van der Waals surface area contributed by atoms with E-state index >= 15 is 0 Å². The molecule has 1 saturated heterocycles. The molecule has 3 rings (SSSR count). The number of anilines is 2. The lowest BCUT2D eigenvalue weighted by atomic mass is 9.99. The van der Waals surface area contributed by atoms with E-state index in [9.17, 15) is 9.59 Å². The van der Waals surface area contributed by atoms with Crippen LogP contribution < -0.4 is 19.7 Å². The van der Waals surface area contributed by atoms with Crippen molar-refractivity contribution in [3.8, 4) is 11.5 Å². The Balaban J connectivity index is 1.54. The summed E-state index contributed by atoms with van der Waals surface area (Å²) in [7, 11) is 2.90. The average Bonchev–Trinajstić information content (AvgIpc) is 2.78. The Morgan fingerprint density at radius 3 is 2.17 bits per heavy atom. The van der Waals surface area contributed by atoms with E-state index in [2.05, 4.69) is 17.1 Å². The maximum atomic E-state index is 12.4. The van der Waals surface area contributed by atoms with Gasteiger partial charge in [0.05, 0.1) is 14.2 Å². The Morgan fingerprint density at radius 1 is 1.00 bits per heavy atom. The molecule has 1 N–H and O–H groups in total. The Morgan fingerprint density at radius 2 is 1.60 bits per heavy atom. The van der Waals surface area contributed by atoms with Crippen LogP contribution in [-0.2, 0) is 9.53 Å². The van der Waals surface area contributed by atoms with Crippen molar-refractivity contribution in [1.82, 2.24) is 0 Å². The highest BCUT2D eigenvalue weighted by Crippen LogP contribution is 2.29. The van der Waals surface area contributed by atoms with Gasteiger partial charge in [-0.25, -0.2) is 4.79 Å². The number of nitrogens with one attached hydrogen (secondary N) is 1. The Labute approximate surface area is 176 Å². The van der Waals surface area contributed by atoms with Crippen LogP contribution in [0.15, 0.2) is 42.5 Å². The first kappa shape index (κ1) is 21.5. The number of ether oxygens (including phenoxy) is 3. The van der Waals surface area contributed by atoms with E-state index in [0.717, 1.165) is 24.7 Å². The van der Waals surface area contributed by atoms with Crippen LogP contribution in [0.3, 0.4) is 0 Å². The summed E-state index contributed by atoms with van der Waals surface area (Å²) in [5.41, 5.74) is 1.95. The van der Waals surface area contributed by atoms with Crippen molar-refractivity contribution in [3.05, 3.63) is 48.0 Å². The number of hydrogen-bond donors (Lipinski definition) is 1. The quantitative estimate of drug-likeness (QED) is 0.698. The lowest BCUT2D eigenvalue weighted by molar-refractivity contribution is -0.119. The lowest BCUT2D eigenvalue weighted by Crippen LogP contribution is -2.32. The van der Waals surface area contributed by atoms with Gasteiger partial charge >= 0.3 is 5.97 Å². The zero-order valence-corrected chi connectivity index (χ0v) is 17.6. The van der Waals surface area contributed by atoms with Crippen molar-refractivity contribution in [2.45, 2.75) is 19.8 Å². The van der Waals surface area contributed by atoms with Crippen molar-refractivity contribution < 1.29 is 23.8 Å². The second-order valence-electron chi connectivity index (χ2n) is 7.38. The number of methoxy groups -OCH3 is 2. The van der Waals surface area contributed by atoms with Gasteiger partial charge < -0.3 is 24.4 Å². The molecule has 160 valence electrons. The van der Waals surface area contributed by atoms with Crippen molar-refractivity contribution in [3.63, 3.8) is 0 Å². The van der Waals surface area contributed by atoms with Crippen molar-refractivity contribution in [2.24, 2.45) is 5.92 Å². The van der Waals surface area contributed by atoms with Crippen LogP contribution in [0.1, 0.15) is 30.1 Å². The van der Waals surface area contributed by atoms with Crippen molar-refractivity contribution >= 4 is 23.3 Å². The van der Waals surface area contributed by atoms with E-state index in [0.29, 0.717) is 17.2 Å². The molecule has 0 aliphatic carbocycles. The molecule has 1 aliphatic rings. The van der Waals surface area contributed by atoms with E-state index in [1.165, 1.54) is 27.1 Å². The molecule has 0 aromatic heterocycles. The topological polar surface area (TPSA) is 77.1 Å². The zero-order valence-electron chi connectivity index (χ0n) is 17.6. The van der Waals surface area contributed by atoms with Crippen LogP contribution in [0, 0.1) is 5.92 Å². The first-order valence-electron chi connectivity index (χ1n) is 10.0. The van der Waals surface area contributed by atoms with Gasteiger partial charge in [0.2, 0.25) is 0 Å². The largest absolute Gasteiger partial charge is 0.496 e. The van der Waals surface area contributed by atoms with E-state index in [1.54, 1.807) is 18.2 Å². The third-order valence-electron chi connectivity index (χ3n) is 5.27. The smallest absolute Gasteiger partial charge is 0.346 e. The SMILES string of the molecule is COc1cccc(OC)c1C(=O)OCC(=O)Nc1ccc(N2CCC(C)CC2)cc1. The van der Waals surface area contributed by atoms with Crippen LogP contribution in [0.5, 0.6) is 11.5 Å². The highest BCUT2D eigenvalue weighted by atomic mass is 16.5. The second kappa shape index (κ2) is 10.0. The maximum absolute atomic E-state index is 12.4. The molecule has 2 aromatic rings. The number of carbonyl (C=O) groups excluding carboxylic acids is 2. The number of benzene rings is 2. The zero-order chi connectivity index (χ0) is 21.5. The van der Waals surface area contributed by atoms with Gasteiger partial charge in [0.1, 0.15) is 17.1 Å². The maximum Gasteiger partial charge on any atom is 0.346 e. The second-order valence-corrected chi connectivity index (χ2v) is 7.38. The molecule has 0 radical (unpaired) electrons. The number of esters is 1. The van der Waals surface area contributed by atoms with Gasteiger partial charge in [-0.2, -0.15) is 0 Å². The van der Waals surface area contributed by atoms with Gasteiger partial charge in [0.25, 0.3) is 5.91 Å². The molecule has 0 saturated carbocycles. The molecule has 7 nitrogen and oxygen atoms in total. The highest BCUT2D eigenvalue weighted by Gasteiger charge is 2.21. The van der Waals surface area contributed by atoms with E-state index in [4.69, 9.17) is 14.2 Å². The fourth-order valence-corrected chi connectivity index (χ4v) is 3.48. The standard InChI is InChI=1S/C23H28N2O5/c1-16-11-13-25(14-12-16)18-9-7-17(8-10-18)24-21(26)15-30-23(27)22-19(28-2)5-4-6-20(22)29-3/h4-10,16H,11-15H2,1-3H3,(H,24,26). The fraction of sp³-hybridized carbons (Fsp3) is 0.391. The minimum absolute atomic E-state index is 0.149. The van der Waals surface area contributed by atoms with Gasteiger partial charge in [-0.3, -0.25) is 4.79 Å². The van der Waals surface area contributed by atoms with Crippen molar-refractivity contribution in [2.75, 3.05) is 44.1 Å². The summed E-state index contributed by atoms with van der Waals surface area (Å²) >= 11 is 0. The molecular weight excluding hydrogens is 384 g/mol. The Hall–Kier alpha value is -3.22.